The number of fused-ring (bicyclic) bond motifs is 1. The van der Waals surface area contributed by atoms with Gasteiger partial charge in [-0.15, -0.1) is 0 Å². The van der Waals surface area contributed by atoms with Gasteiger partial charge < -0.3 is 10.0 Å². The van der Waals surface area contributed by atoms with Crippen LogP contribution in [0.1, 0.15) is 29.9 Å². The summed E-state index contributed by atoms with van der Waals surface area (Å²) in [6.45, 7) is 1.00. The highest BCUT2D eigenvalue weighted by Crippen LogP contribution is 2.22. The lowest BCUT2D eigenvalue weighted by Gasteiger charge is -2.30. The van der Waals surface area contributed by atoms with E-state index < -0.39 is 11.8 Å². The first-order valence-electron chi connectivity index (χ1n) is 7.19. The number of imidazole rings is 1. The summed E-state index contributed by atoms with van der Waals surface area (Å²) in [6, 6.07) is 2.85. The van der Waals surface area contributed by atoms with Crippen LogP contribution in [0.2, 0.25) is 0 Å². The molecule has 3 rings (SSSR count). The van der Waals surface area contributed by atoms with Gasteiger partial charge >= 0.3 is 5.97 Å². The molecule has 7 heteroatoms. The molecule has 0 radical (unpaired) electrons. The summed E-state index contributed by atoms with van der Waals surface area (Å²) >= 11 is 0. The highest BCUT2D eigenvalue weighted by atomic mass is 19.1. The van der Waals surface area contributed by atoms with Crippen LogP contribution in [0.5, 0.6) is 0 Å². The first kappa shape index (κ1) is 14.5. The highest BCUT2D eigenvalue weighted by Gasteiger charge is 2.27. The van der Waals surface area contributed by atoms with Crippen LogP contribution in [0, 0.1) is 11.7 Å². The minimum Gasteiger partial charge on any atom is -0.481 e. The Morgan fingerprint density at radius 2 is 2.09 bits per heavy atom. The molecule has 0 bridgehead atoms. The summed E-state index contributed by atoms with van der Waals surface area (Å²) in [4.78, 5) is 28.9. The van der Waals surface area contributed by atoms with Crippen molar-refractivity contribution in [3.05, 3.63) is 36.2 Å². The van der Waals surface area contributed by atoms with Gasteiger partial charge in [0.25, 0.3) is 5.91 Å². The van der Waals surface area contributed by atoms with E-state index in [1.165, 1.54) is 22.7 Å². The van der Waals surface area contributed by atoms with Gasteiger partial charge in [0, 0.05) is 25.7 Å². The minimum atomic E-state index is -0.806. The molecule has 116 valence electrons. The number of aliphatic carboxylic acids is 1. The standard InChI is InChI=1S/C15H16FN3O3/c16-11-2-1-5-19-12(11)9-17-14(19)15(22)18-6-3-10(4-7-18)8-13(20)21/h1-2,5,9-10H,3-4,6-8H2,(H,20,21). The average Bonchev–Trinajstić information content (AvgIpc) is 2.92. The van der Waals surface area contributed by atoms with Gasteiger partial charge in [-0.1, -0.05) is 0 Å². The van der Waals surface area contributed by atoms with E-state index in [0.29, 0.717) is 25.9 Å². The average molecular weight is 305 g/mol. The Hall–Kier alpha value is -2.44. The van der Waals surface area contributed by atoms with Gasteiger partial charge in [-0.2, -0.15) is 0 Å². The van der Waals surface area contributed by atoms with Crippen LogP contribution in [-0.4, -0.2) is 44.4 Å². The van der Waals surface area contributed by atoms with E-state index in [1.54, 1.807) is 11.1 Å². The molecule has 1 N–H and O–H groups in total. The Kier molecular flexibility index (Phi) is 3.79. The predicted molar refractivity (Wildman–Crippen MR) is 76.0 cm³/mol. The second-order valence-electron chi connectivity index (χ2n) is 5.53. The van der Waals surface area contributed by atoms with Crippen LogP contribution in [0.3, 0.4) is 0 Å². The SMILES string of the molecule is O=C(O)CC1CCN(C(=O)c2ncc3c(F)cccn23)CC1. The molecule has 0 aliphatic carbocycles. The third kappa shape index (κ3) is 2.66. The Bertz CT molecular complexity index is 720. The van der Waals surface area contributed by atoms with Gasteiger partial charge in [0.05, 0.1) is 6.20 Å². The molecule has 0 saturated carbocycles. The predicted octanol–water partition coefficient (Wildman–Crippen LogP) is 1.80. The van der Waals surface area contributed by atoms with Crippen LogP contribution >= 0.6 is 0 Å². The van der Waals surface area contributed by atoms with E-state index in [2.05, 4.69) is 4.98 Å². The van der Waals surface area contributed by atoms with Crippen molar-refractivity contribution in [2.24, 2.45) is 5.92 Å². The molecule has 0 atom stereocenters. The number of rotatable bonds is 3. The van der Waals surface area contributed by atoms with Crippen molar-refractivity contribution in [1.29, 1.82) is 0 Å². The number of carbonyl (C=O) groups excluding carboxylic acids is 1. The maximum atomic E-state index is 13.6. The molecular formula is C15H16FN3O3. The summed E-state index contributed by atoms with van der Waals surface area (Å²) in [5.74, 6) is -1.18. The van der Waals surface area contributed by atoms with Gasteiger partial charge in [-0.05, 0) is 30.9 Å². The molecule has 2 aromatic heterocycles. The van der Waals surface area contributed by atoms with Crippen LogP contribution in [0.4, 0.5) is 4.39 Å². The molecule has 22 heavy (non-hydrogen) atoms. The zero-order valence-electron chi connectivity index (χ0n) is 11.9. The van der Waals surface area contributed by atoms with Crippen molar-refractivity contribution >= 4 is 17.4 Å². The molecule has 1 amide bonds. The zero-order chi connectivity index (χ0) is 15.7. The first-order valence-corrected chi connectivity index (χ1v) is 7.19. The minimum absolute atomic E-state index is 0.107. The summed E-state index contributed by atoms with van der Waals surface area (Å²) in [6.07, 6.45) is 4.42. The largest absolute Gasteiger partial charge is 0.481 e. The van der Waals surface area contributed by atoms with E-state index in [1.807, 2.05) is 0 Å². The monoisotopic (exact) mass is 305 g/mol. The lowest BCUT2D eigenvalue weighted by molar-refractivity contribution is -0.138. The number of nitrogens with zero attached hydrogens (tertiary/aromatic N) is 3. The number of likely N-dealkylation sites (tertiary alicyclic amines) is 1. The number of carboxylic acid groups (broad SMARTS) is 1. The Morgan fingerprint density at radius 1 is 1.36 bits per heavy atom. The molecule has 0 aromatic carbocycles. The molecule has 1 fully saturated rings. The van der Waals surface area contributed by atoms with E-state index in [-0.39, 0.29) is 29.6 Å². The molecule has 0 spiro atoms. The van der Waals surface area contributed by atoms with E-state index in [0.717, 1.165) is 0 Å². The van der Waals surface area contributed by atoms with Crippen molar-refractivity contribution in [1.82, 2.24) is 14.3 Å². The number of aromatic nitrogens is 2. The quantitative estimate of drug-likeness (QED) is 0.938. The number of carboxylic acids is 1. The van der Waals surface area contributed by atoms with Gasteiger partial charge in [0.2, 0.25) is 5.82 Å². The van der Waals surface area contributed by atoms with Crippen molar-refractivity contribution < 1.29 is 19.1 Å². The van der Waals surface area contributed by atoms with Crippen LogP contribution < -0.4 is 0 Å². The number of amides is 1. The molecule has 2 aromatic rings. The fraction of sp³-hybridized carbons (Fsp3) is 0.400. The van der Waals surface area contributed by atoms with Crippen molar-refractivity contribution in [3.8, 4) is 0 Å². The normalized spacial score (nSPS) is 16.1. The second kappa shape index (κ2) is 5.75. The van der Waals surface area contributed by atoms with Crippen LogP contribution in [0.25, 0.3) is 5.52 Å². The molecule has 6 nitrogen and oxygen atoms in total. The number of hydrogen-bond donors (Lipinski definition) is 1. The number of halogens is 1. The molecule has 1 saturated heterocycles. The number of piperidine rings is 1. The van der Waals surface area contributed by atoms with Gasteiger partial charge in [-0.25, -0.2) is 9.37 Å². The molecule has 3 heterocycles. The third-order valence-electron chi connectivity index (χ3n) is 4.08. The van der Waals surface area contributed by atoms with Crippen molar-refractivity contribution in [2.75, 3.05) is 13.1 Å². The Labute approximate surface area is 126 Å². The lowest BCUT2D eigenvalue weighted by Crippen LogP contribution is -2.39. The summed E-state index contributed by atoms with van der Waals surface area (Å²) < 4.78 is 15.1. The van der Waals surface area contributed by atoms with Crippen LogP contribution in [-0.2, 0) is 4.79 Å². The summed E-state index contributed by atoms with van der Waals surface area (Å²) in [5.41, 5.74) is 0.270. The molecule has 1 aliphatic rings. The number of pyridine rings is 1. The number of hydrogen-bond acceptors (Lipinski definition) is 3. The van der Waals surface area contributed by atoms with E-state index in [9.17, 15) is 14.0 Å². The van der Waals surface area contributed by atoms with Crippen molar-refractivity contribution in [2.45, 2.75) is 19.3 Å². The first-order chi connectivity index (χ1) is 10.6. The fourth-order valence-corrected chi connectivity index (χ4v) is 2.87. The smallest absolute Gasteiger partial charge is 0.303 e. The Morgan fingerprint density at radius 3 is 2.77 bits per heavy atom. The molecule has 1 aliphatic heterocycles. The number of carbonyl (C=O) groups is 2. The van der Waals surface area contributed by atoms with Gasteiger partial charge in [0.1, 0.15) is 11.3 Å². The second-order valence-corrected chi connectivity index (χ2v) is 5.53. The molecular weight excluding hydrogens is 289 g/mol. The molecule has 0 unspecified atom stereocenters. The maximum Gasteiger partial charge on any atom is 0.303 e. The van der Waals surface area contributed by atoms with E-state index in [4.69, 9.17) is 5.11 Å². The summed E-state index contributed by atoms with van der Waals surface area (Å²) in [7, 11) is 0. The highest BCUT2D eigenvalue weighted by molar-refractivity contribution is 5.92. The maximum absolute atomic E-state index is 13.6. The van der Waals surface area contributed by atoms with E-state index >= 15 is 0 Å². The van der Waals surface area contributed by atoms with Gasteiger partial charge in [0.15, 0.2) is 0 Å². The zero-order valence-corrected chi connectivity index (χ0v) is 11.9. The summed E-state index contributed by atoms with van der Waals surface area (Å²) in [5, 5.41) is 8.81. The third-order valence-corrected chi connectivity index (χ3v) is 4.08. The van der Waals surface area contributed by atoms with Crippen LogP contribution in [0.15, 0.2) is 24.5 Å². The Balaban J connectivity index is 1.74. The van der Waals surface area contributed by atoms with Crippen molar-refractivity contribution in [3.63, 3.8) is 0 Å². The lowest BCUT2D eigenvalue weighted by atomic mass is 9.93. The fourth-order valence-electron chi connectivity index (χ4n) is 2.87. The van der Waals surface area contributed by atoms with Gasteiger partial charge in [-0.3, -0.25) is 14.0 Å². The topological polar surface area (TPSA) is 74.9 Å².